The first-order chi connectivity index (χ1) is 23.2. The van der Waals surface area contributed by atoms with Crippen molar-refractivity contribution < 1.29 is 4.74 Å². The molecule has 0 spiro atoms. The third-order valence-electron chi connectivity index (χ3n) is 10.6. The first-order valence-electron chi connectivity index (χ1n) is 16.7. The fourth-order valence-electron chi connectivity index (χ4n) is 8.56. The number of ether oxygens (including phenoxy) is 1. The molecule has 222 valence electrons. The maximum atomic E-state index is 6.64. The van der Waals surface area contributed by atoms with E-state index in [0.29, 0.717) is 0 Å². The van der Waals surface area contributed by atoms with Crippen LogP contribution in [0.4, 0.5) is 0 Å². The maximum Gasteiger partial charge on any atom is 0.131 e. The minimum Gasteiger partial charge on any atom is -0.484 e. The Morgan fingerprint density at radius 3 is 1.98 bits per heavy atom. The van der Waals surface area contributed by atoms with Gasteiger partial charge in [-0.2, -0.15) is 0 Å². The van der Waals surface area contributed by atoms with E-state index in [1.54, 1.807) is 0 Å². The van der Waals surface area contributed by atoms with Crippen LogP contribution >= 0.6 is 0 Å². The summed E-state index contributed by atoms with van der Waals surface area (Å²) in [6.45, 7) is 2.36. The summed E-state index contributed by atoms with van der Waals surface area (Å²) in [5, 5.41) is 5.12. The van der Waals surface area contributed by atoms with Gasteiger partial charge in [0.15, 0.2) is 0 Å². The van der Waals surface area contributed by atoms with Crippen LogP contribution in [-0.4, -0.2) is 6.10 Å². The van der Waals surface area contributed by atoms with Gasteiger partial charge in [0.25, 0.3) is 0 Å². The lowest BCUT2D eigenvalue weighted by Gasteiger charge is -2.31. The van der Waals surface area contributed by atoms with Crippen LogP contribution in [0.2, 0.25) is 0 Å². The minimum absolute atomic E-state index is 0.0348. The highest BCUT2D eigenvalue weighted by Crippen LogP contribution is 2.53. The van der Waals surface area contributed by atoms with Crippen molar-refractivity contribution in [3.63, 3.8) is 0 Å². The average Bonchev–Trinajstić information content (AvgIpc) is 3.76. The largest absolute Gasteiger partial charge is 0.484 e. The second kappa shape index (κ2) is 10.2. The van der Waals surface area contributed by atoms with Crippen LogP contribution in [0.5, 0.6) is 5.75 Å². The van der Waals surface area contributed by atoms with Crippen LogP contribution in [0.3, 0.4) is 0 Å². The highest BCUT2D eigenvalue weighted by molar-refractivity contribution is 6.22. The summed E-state index contributed by atoms with van der Waals surface area (Å²) in [7, 11) is 0. The van der Waals surface area contributed by atoms with E-state index < -0.39 is 0 Å². The molecule has 2 atom stereocenters. The fraction of sp³-hybridized carbons (Fsp3) is 0.0870. The van der Waals surface area contributed by atoms with E-state index in [2.05, 4.69) is 159 Å². The highest BCUT2D eigenvalue weighted by atomic mass is 16.5. The zero-order chi connectivity index (χ0) is 31.1. The van der Waals surface area contributed by atoms with E-state index in [0.717, 1.165) is 12.2 Å². The van der Waals surface area contributed by atoms with Crippen LogP contribution < -0.4 is 4.74 Å². The Morgan fingerprint density at radius 1 is 0.574 bits per heavy atom. The molecular weight excluding hydrogens is 569 g/mol. The third-order valence-corrected chi connectivity index (χ3v) is 10.6. The second-order valence-corrected chi connectivity index (χ2v) is 13.1. The van der Waals surface area contributed by atoms with Gasteiger partial charge in [0.2, 0.25) is 0 Å². The van der Waals surface area contributed by atoms with Crippen molar-refractivity contribution >= 4 is 39.3 Å². The lowest BCUT2D eigenvalue weighted by Crippen LogP contribution is -2.25. The van der Waals surface area contributed by atoms with Crippen molar-refractivity contribution in [1.82, 2.24) is 0 Å². The van der Waals surface area contributed by atoms with Crippen LogP contribution in [0.1, 0.15) is 40.7 Å². The summed E-state index contributed by atoms with van der Waals surface area (Å²) in [5.41, 5.74) is 15.7. The molecule has 0 radical (unpaired) electrons. The summed E-state index contributed by atoms with van der Waals surface area (Å²) in [6.07, 6.45) is 8.12. The lowest BCUT2D eigenvalue weighted by atomic mass is 9.74. The number of hydrogen-bond acceptors (Lipinski definition) is 1. The van der Waals surface area contributed by atoms with Gasteiger partial charge in [0, 0.05) is 17.1 Å². The Bertz CT molecular complexity index is 2420. The SMILES string of the molecule is CC1c2c(c(-c3c4ccccc4c(-c4cccc(-c5ccccc5)c4)c4ccccc34)cc3c2CC=C3)C=C2c3ccccc3OC21. The Balaban J connectivity index is 1.29. The van der Waals surface area contributed by atoms with Crippen LogP contribution in [0.15, 0.2) is 140 Å². The third kappa shape index (κ3) is 3.90. The van der Waals surface area contributed by atoms with Gasteiger partial charge in [-0.3, -0.25) is 0 Å². The molecule has 1 heterocycles. The van der Waals surface area contributed by atoms with Crippen molar-refractivity contribution in [2.24, 2.45) is 0 Å². The Morgan fingerprint density at radius 2 is 1.21 bits per heavy atom. The molecule has 0 fully saturated rings. The number of rotatable bonds is 3. The monoisotopic (exact) mass is 600 g/mol. The molecule has 0 saturated heterocycles. The number of allylic oxidation sites excluding steroid dienone is 1. The molecule has 7 aromatic carbocycles. The van der Waals surface area contributed by atoms with Gasteiger partial charge in [-0.1, -0.05) is 134 Å². The predicted molar refractivity (Wildman–Crippen MR) is 198 cm³/mol. The topological polar surface area (TPSA) is 9.23 Å². The Kier molecular flexibility index (Phi) is 5.75. The summed E-state index contributed by atoms with van der Waals surface area (Å²) >= 11 is 0. The first-order valence-corrected chi connectivity index (χ1v) is 16.7. The molecule has 0 aromatic heterocycles. The molecule has 1 aliphatic heterocycles. The molecule has 7 aromatic rings. The number of para-hydroxylation sites is 1. The molecule has 47 heavy (non-hydrogen) atoms. The zero-order valence-electron chi connectivity index (χ0n) is 26.2. The van der Waals surface area contributed by atoms with Crippen molar-refractivity contribution in [3.05, 3.63) is 167 Å². The summed E-state index contributed by atoms with van der Waals surface area (Å²) in [6, 6.07) is 48.8. The average molecular weight is 601 g/mol. The van der Waals surface area contributed by atoms with Gasteiger partial charge >= 0.3 is 0 Å². The quantitative estimate of drug-likeness (QED) is 0.183. The molecule has 0 saturated carbocycles. The Labute approximate surface area is 275 Å². The smallest absolute Gasteiger partial charge is 0.131 e. The fourth-order valence-corrected chi connectivity index (χ4v) is 8.56. The first kappa shape index (κ1) is 26.5. The van der Waals surface area contributed by atoms with E-state index in [1.165, 1.54) is 88.3 Å². The molecule has 0 amide bonds. The maximum absolute atomic E-state index is 6.64. The molecule has 2 unspecified atom stereocenters. The molecule has 0 bridgehead atoms. The highest BCUT2D eigenvalue weighted by Gasteiger charge is 2.40. The Hall–Kier alpha value is -5.66. The van der Waals surface area contributed by atoms with Gasteiger partial charge in [-0.25, -0.2) is 0 Å². The van der Waals surface area contributed by atoms with Gasteiger partial charge in [0.1, 0.15) is 11.9 Å². The van der Waals surface area contributed by atoms with Gasteiger partial charge < -0.3 is 4.74 Å². The van der Waals surface area contributed by atoms with Crippen molar-refractivity contribution in [1.29, 1.82) is 0 Å². The van der Waals surface area contributed by atoms with Crippen LogP contribution in [-0.2, 0) is 6.42 Å². The molecule has 3 aliphatic rings. The second-order valence-electron chi connectivity index (χ2n) is 13.1. The van der Waals surface area contributed by atoms with Crippen LogP contribution in [0.25, 0.3) is 72.7 Å². The molecule has 0 N–H and O–H groups in total. The molecule has 2 aliphatic carbocycles. The predicted octanol–water partition coefficient (Wildman–Crippen LogP) is 12.0. The molecular formula is C46H32O. The number of benzene rings is 7. The standard InChI is InChI=1S/C46H32O/c1-28-43-33-23-12-16-31(33)26-39(40(43)27-41-34-18-9-10-24-42(34)47-46(28)41)45-37-21-7-5-19-35(37)44(36-20-6-8-22-38(36)45)32-17-11-15-30(25-32)29-13-3-2-4-14-29/h2-22,24-28,46H,23H2,1H3. The van der Waals surface area contributed by atoms with E-state index in [9.17, 15) is 0 Å². The summed E-state index contributed by atoms with van der Waals surface area (Å²) < 4.78 is 6.64. The summed E-state index contributed by atoms with van der Waals surface area (Å²) in [5.74, 6) is 1.24. The molecule has 1 nitrogen and oxygen atoms in total. The number of fused-ring (bicyclic) bond motifs is 8. The summed E-state index contributed by atoms with van der Waals surface area (Å²) in [4.78, 5) is 0. The van der Waals surface area contributed by atoms with Gasteiger partial charge in [-0.15, -0.1) is 0 Å². The van der Waals surface area contributed by atoms with Crippen molar-refractivity contribution in [2.75, 3.05) is 0 Å². The normalized spacial score (nSPS) is 17.2. The zero-order valence-corrected chi connectivity index (χ0v) is 26.2. The minimum atomic E-state index is 0.0348. The van der Waals surface area contributed by atoms with Gasteiger partial charge in [0.05, 0.1) is 0 Å². The lowest BCUT2D eigenvalue weighted by molar-refractivity contribution is 0.247. The van der Waals surface area contributed by atoms with E-state index >= 15 is 0 Å². The van der Waals surface area contributed by atoms with Crippen LogP contribution in [0, 0.1) is 0 Å². The molecule has 10 rings (SSSR count). The number of hydrogen-bond donors (Lipinski definition) is 0. The molecule has 1 heteroatoms. The van der Waals surface area contributed by atoms with E-state index in [-0.39, 0.29) is 12.0 Å². The van der Waals surface area contributed by atoms with Gasteiger partial charge in [-0.05, 0) is 108 Å². The van der Waals surface area contributed by atoms with Crippen molar-refractivity contribution in [3.8, 4) is 39.1 Å². The van der Waals surface area contributed by atoms with E-state index in [4.69, 9.17) is 4.74 Å². The van der Waals surface area contributed by atoms with Crippen molar-refractivity contribution in [2.45, 2.75) is 25.4 Å². The van der Waals surface area contributed by atoms with E-state index in [1.807, 2.05) is 0 Å².